The first-order valence-corrected chi connectivity index (χ1v) is 12.4. The summed E-state index contributed by atoms with van der Waals surface area (Å²) < 4.78 is 127. The molecule has 0 heterocycles. The van der Waals surface area contributed by atoms with Crippen LogP contribution in [0.5, 0.6) is 17.2 Å². The summed E-state index contributed by atoms with van der Waals surface area (Å²) in [6.07, 6.45) is 0. The van der Waals surface area contributed by atoms with Gasteiger partial charge in [0.15, 0.2) is 5.82 Å². The lowest BCUT2D eigenvalue weighted by Gasteiger charge is -2.05. The first kappa shape index (κ1) is 41.5. The maximum atomic E-state index is 13.1. The molecule has 0 spiro atoms. The topological polar surface area (TPSA) is 209 Å². The van der Waals surface area contributed by atoms with E-state index in [2.05, 4.69) is 14.2 Å². The van der Waals surface area contributed by atoms with Crippen molar-refractivity contribution in [1.82, 2.24) is 0 Å². The number of benzene rings is 4. The van der Waals surface area contributed by atoms with Crippen LogP contribution in [0.3, 0.4) is 0 Å². The van der Waals surface area contributed by atoms with Gasteiger partial charge in [0.05, 0.1) is 36.1 Å². The van der Waals surface area contributed by atoms with Crippen molar-refractivity contribution in [1.29, 1.82) is 0 Å². The predicted octanol–water partition coefficient (Wildman–Crippen LogP) is 6.91. The van der Waals surface area contributed by atoms with Crippen molar-refractivity contribution in [3.8, 4) is 17.2 Å². The smallest absolute Gasteiger partial charge is 0.346 e. The van der Waals surface area contributed by atoms with Crippen molar-refractivity contribution in [3.05, 3.63) is 125 Å². The fourth-order valence-electron chi connectivity index (χ4n) is 3.25. The molecular formula is C27H20F9N5O9. The number of nitro benzene ring substituents is 3. The number of nitrogens with zero attached hydrogens (tertiary/aromatic N) is 3. The molecule has 0 amide bonds. The van der Waals surface area contributed by atoms with Gasteiger partial charge in [-0.2, -0.15) is 22.0 Å². The van der Waals surface area contributed by atoms with E-state index in [0.29, 0.717) is 18.2 Å². The van der Waals surface area contributed by atoms with Crippen LogP contribution in [0.4, 0.5) is 68.0 Å². The van der Waals surface area contributed by atoms with Crippen LogP contribution in [0.15, 0.2) is 42.5 Å². The van der Waals surface area contributed by atoms with E-state index in [1.54, 1.807) is 0 Å². The summed E-state index contributed by atoms with van der Waals surface area (Å²) >= 11 is 0. The lowest BCUT2D eigenvalue weighted by Crippen LogP contribution is -2.03. The number of nitro groups is 3. The van der Waals surface area contributed by atoms with Gasteiger partial charge in [-0.1, -0.05) is 0 Å². The van der Waals surface area contributed by atoms with Crippen LogP contribution in [0.2, 0.25) is 0 Å². The van der Waals surface area contributed by atoms with E-state index < -0.39 is 95.6 Å². The third-order valence-electron chi connectivity index (χ3n) is 5.43. The van der Waals surface area contributed by atoms with Crippen LogP contribution in [0.1, 0.15) is 0 Å². The fourth-order valence-corrected chi connectivity index (χ4v) is 3.25. The lowest BCUT2D eigenvalue weighted by molar-refractivity contribution is -0.390. The van der Waals surface area contributed by atoms with E-state index in [-0.39, 0.29) is 29.3 Å². The van der Waals surface area contributed by atoms with Crippen molar-refractivity contribution >= 4 is 28.4 Å². The minimum absolute atomic E-state index is 0.0162. The SMILES string of the molecule is COc1cc(F)c([N+](=O)[O-])c(F)c1N.COc1cc(F)cc(F)c1N.COc1cc(F)cc(F)c1[N+](=O)[O-].O=[N+]([O-])c1c(F)cc(F)cc1F. The van der Waals surface area contributed by atoms with Crippen LogP contribution in [-0.2, 0) is 0 Å². The molecule has 0 aromatic heterocycles. The first-order chi connectivity index (χ1) is 23.2. The van der Waals surface area contributed by atoms with Gasteiger partial charge in [0, 0.05) is 42.5 Å². The zero-order valence-electron chi connectivity index (χ0n) is 25.1. The summed E-state index contributed by atoms with van der Waals surface area (Å²) in [6, 6.07) is 4.08. The molecule has 0 saturated heterocycles. The van der Waals surface area contributed by atoms with E-state index in [1.807, 2.05) is 0 Å². The molecule has 4 aromatic carbocycles. The number of anilines is 2. The third kappa shape index (κ3) is 10.7. The summed E-state index contributed by atoms with van der Waals surface area (Å²) in [6.45, 7) is 0. The van der Waals surface area contributed by atoms with Crippen molar-refractivity contribution in [3.63, 3.8) is 0 Å². The van der Waals surface area contributed by atoms with Gasteiger partial charge in [-0.05, 0) is 0 Å². The minimum Gasteiger partial charge on any atom is -0.494 e. The second-order valence-electron chi connectivity index (χ2n) is 8.57. The number of halogens is 9. The molecule has 23 heteroatoms. The van der Waals surface area contributed by atoms with E-state index in [0.717, 1.165) is 26.4 Å². The summed E-state index contributed by atoms with van der Waals surface area (Å²) in [5.41, 5.74) is 6.10. The monoisotopic (exact) mass is 729 g/mol. The van der Waals surface area contributed by atoms with Crippen molar-refractivity contribution in [2.45, 2.75) is 0 Å². The highest BCUT2D eigenvalue weighted by atomic mass is 19.2. The molecule has 50 heavy (non-hydrogen) atoms. The predicted molar refractivity (Wildman–Crippen MR) is 154 cm³/mol. The van der Waals surface area contributed by atoms with Crippen LogP contribution in [-0.4, -0.2) is 36.1 Å². The van der Waals surface area contributed by atoms with Crippen LogP contribution in [0, 0.1) is 82.7 Å². The van der Waals surface area contributed by atoms with Crippen molar-refractivity contribution in [2.75, 3.05) is 32.8 Å². The van der Waals surface area contributed by atoms with Gasteiger partial charge in [0.25, 0.3) is 0 Å². The van der Waals surface area contributed by atoms with Crippen molar-refractivity contribution < 1.29 is 68.5 Å². The Hall–Kier alpha value is -6.55. The minimum atomic E-state index is -1.52. The average Bonchev–Trinajstić information content (AvgIpc) is 3.00. The molecule has 14 nitrogen and oxygen atoms in total. The molecular weight excluding hydrogens is 709 g/mol. The number of nitrogen functional groups attached to an aromatic ring is 2. The normalized spacial score (nSPS) is 9.84. The number of ether oxygens (including phenoxy) is 3. The van der Waals surface area contributed by atoms with Gasteiger partial charge >= 0.3 is 17.1 Å². The number of nitrogens with two attached hydrogens (primary N) is 2. The Morgan fingerprint density at radius 2 is 0.780 bits per heavy atom. The molecule has 270 valence electrons. The van der Waals surface area contributed by atoms with Gasteiger partial charge in [-0.3, -0.25) is 30.3 Å². The Morgan fingerprint density at radius 3 is 1.18 bits per heavy atom. The quantitative estimate of drug-likeness (QED) is 0.0901. The maximum absolute atomic E-state index is 13.1. The summed E-state index contributed by atoms with van der Waals surface area (Å²) in [4.78, 5) is 27.1. The summed E-state index contributed by atoms with van der Waals surface area (Å²) in [5, 5.41) is 30.5. The number of hydrogen-bond acceptors (Lipinski definition) is 11. The van der Waals surface area contributed by atoms with E-state index >= 15 is 0 Å². The highest BCUT2D eigenvalue weighted by molar-refractivity contribution is 5.60. The Labute approximate surface area is 272 Å². The molecule has 0 aliphatic heterocycles. The van der Waals surface area contributed by atoms with Crippen LogP contribution < -0.4 is 25.7 Å². The van der Waals surface area contributed by atoms with Gasteiger partial charge < -0.3 is 25.7 Å². The Bertz CT molecular complexity index is 1880. The molecule has 0 unspecified atom stereocenters. The average molecular weight is 729 g/mol. The zero-order valence-corrected chi connectivity index (χ0v) is 25.1. The Morgan fingerprint density at radius 1 is 0.460 bits per heavy atom. The van der Waals surface area contributed by atoms with Gasteiger partial charge in [-0.25, -0.2) is 17.6 Å². The first-order valence-electron chi connectivity index (χ1n) is 12.4. The summed E-state index contributed by atoms with van der Waals surface area (Å²) in [7, 11) is 3.54. The van der Waals surface area contributed by atoms with Gasteiger partial charge in [0.1, 0.15) is 40.3 Å². The Kier molecular flexibility index (Phi) is 15.0. The molecule has 0 bridgehead atoms. The second-order valence-corrected chi connectivity index (χ2v) is 8.57. The van der Waals surface area contributed by atoms with Crippen LogP contribution >= 0.6 is 0 Å². The molecule has 0 aliphatic carbocycles. The molecule has 0 aliphatic rings. The number of rotatable bonds is 6. The van der Waals surface area contributed by atoms with Gasteiger partial charge in [0.2, 0.25) is 34.8 Å². The molecule has 0 saturated carbocycles. The third-order valence-corrected chi connectivity index (χ3v) is 5.43. The highest BCUT2D eigenvalue weighted by Crippen LogP contribution is 2.34. The van der Waals surface area contributed by atoms with E-state index in [4.69, 9.17) is 11.5 Å². The zero-order chi connectivity index (χ0) is 38.6. The molecule has 0 fully saturated rings. The van der Waals surface area contributed by atoms with Crippen molar-refractivity contribution in [2.24, 2.45) is 0 Å². The number of hydrogen-bond donors (Lipinski definition) is 2. The maximum Gasteiger partial charge on any atom is 0.346 e. The second kappa shape index (κ2) is 18.1. The van der Waals surface area contributed by atoms with E-state index in [9.17, 15) is 69.9 Å². The van der Waals surface area contributed by atoms with E-state index in [1.165, 1.54) is 7.11 Å². The molecule has 0 radical (unpaired) electrons. The Balaban J connectivity index is 0.000000335. The standard InChI is InChI=1S/C7H6F2N2O3.C7H5F2NO3.C7H7F2NO.C6H2F3NO2/c1-14-4-2-3(8)7(11(12)13)5(9)6(4)10;1-13-6-3-4(8)2-5(9)7(6)10(11)12;1-11-6-3-4(8)2-5(9)7(6)10;7-3-1-4(8)6(10(11)12)5(9)2-3/h2H,10H2,1H3;2-3H,1H3;2-3H,10H2,1H3;1-2H. The fraction of sp³-hybridized carbons (Fsp3) is 0.111. The molecule has 0 atom stereocenters. The van der Waals surface area contributed by atoms with Crippen LogP contribution in [0.25, 0.3) is 0 Å². The molecule has 4 rings (SSSR count). The molecule has 4 aromatic rings. The van der Waals surface area contributed by atoms with Gasteiger partial charge in [-0.15, -0.1) is 0 Å². The number of methoxy groups -OCH3 is 3. The largest absolute Gasteiger partial charge is 0.494 e. The highest BCUT2D eigenvalue weighted by Gasteiger charge is 2.26. The summed E-state index contributed by atoms with van der Waals surface area (Å²) in [5.74, 6) is -11.3. The lowest BCUT2D eigenvalue weighted by atomic mass is 10.2. The molecule has 4 N–H and O–H groups in total.